The summed E-state index contributed by atoms with van der Waals surface area (Å²) in [6, 6.07) is 0.532. The van der Waals surface area contributed by atoms with Crippen molar-refractivity contribution in [2.45, 2.75) is 86.8 Å². The molecular weight excluding hydrogens is 364 g/mol. The molecule has 1 unspecified atom stereocenters. The fourth-order valence-electron chi connectivity index (χ4n) is 3.56. The lowest BCUT2D eigenvalue weighted by Gasteiger charge is -2.21. The zero-order valence-corrected chi connectivity index (χ0v) is 17.3. The number of amides is 1. The van der Waals surface area contributed by atoms with Crippen LogP contribution in [0.5, 0.6) is 0 Å². The molecule has 0 spiro atoms. The molecule has 2 aliphatic rings. The van der Waals surface area contributed by atoms with E-state index in [4.69, 9.17) is 0 Å². The van der Waals surface area contributed by atoms with Gasteiger partial charge < -0.3 is 10.6 Å². The molecule has 0 bridgehead atoms. The quantitative estimate of drug-likeness (QED) is 0.491. The highest BCUT2D eigenvalue weighted by Crippen LogP contribution is 2.30. The van der Waals surface area contributed by atoms with Gasteiger partial charge in [-0.25, -0.2) is 0 Å². The molecule has 7 heteroatoms. The Kier molecular flexibility index (Phi) is 7.80. The maximum absolute atomic E-state index is 12.3. The van der Waals surface area contributed by atoms with E-state index in [-0.39, 0.29) is 11.2 Å². The molecule has 0 radical (unpaired) electrons. The molecule has 2 N–H and O–H groups in total. The first-order valence-corrected chi connectivity index (χ1v) is 11.6. The Bertz CT molecular complexity index is 610. The van der Waals surface area contributed by atoms with Crippen LogP contribution in [0.15, 0.2) is 16.0 Å². The second-order valence-electron chi connectivity index (χ2n) is 7.26. The van der Waals surface area contributed by atoms with Crippen LogP contribution >= 0.6 is 23.1 Å². The van der Waals surface area contributed by atoms with Gasteiger partial charge in [-0.2, -0.15) is 0 Å². The zero-order valence-electron chi connectivity index (χ0n) is 15.6. The predicted octanol–water partition coefficient (Wildman–Crippen LogP) is 4.77. The van der Waals surface area contributed by atoms with Crippen LogP contribution in [0.1, 0.15) is 71.1 Å². The maximum atomic E-state index is 12.3. The molecule has 1 fully saturated rings. The number of hydrogen-bond donors (Lipinski definition) is 2. The number of thioether (sulfide) groups is 1. The number of carbonyl (C=O) groups excluding carboxylic acids is 1. The first-order chi connectivity index (χ1) is 12.7. The monoisotopic (exact) mass is 394 g/mol. The van der Waals surface area contributed by atoms with E-state index in [1.165, 1.54) is 75.1 Å². The van der Waals surface area contributed by atoms with E-state index in [1.54, 1.807) is 11.3 Å². The number of nitrogens with one attached hydrogen (secondary N) is 2. The Hall–Kier alpha value is -1.08. The van der Waals surface area contributed by atoms with Gasteiger partial charge in [0.1, 0.15) is 0 Å². The third kappa shape index (κ3) is 6.27. The smallest absolute Gasteiger partial charge is 0.233 e. The normalized spacial score (nSPS) is 19.7. The van der Waals surface area contributed by atoms with E-state index in [2.05, 4.69) is 26.9 Å². The van der Waals surface area contributed by atoms with Gasteiger partial charge in [-0.15, -0.1) is 10.2 Å². The molecule has 26 heavy (non-hydrogen) atoms. The Labute approximate surface area is 164 Å². The molecule has 5 nitrogen and oxygen atoms in total. The molecule has 1 aromatic heterocycles. The van der Waals surface area contributed by atoms with E-state index >= 15 is 0 Å². The van der Waals surface area contributed by atoms with Crippen molar-refractivity contribution in [3.63, 3.8) is 0 Å². The minimum Gasteiger partial charge on any atom is -0.357 e. The van der Waals surface area contributed by atoms with Crippen molar-refractivity contribution in [3.8, 4) is 0 Å². The molecule has 2 aliphatic carbocycles. The predicted molar refractivity (Wildman–Crippen MR) is 110 cm³/mol. The number of aromatic nitrogens is 2. The molecule has 1 atom stereocenters. The largest absolute Gasteiger partial charge is 0.357 e. The van der Waals surface area contributed by atoms with Crippen molar-refractivity contribution in [2.24, 2.45) is 0 Å². The molecule has 1 saturated carbocycles. The minimum atomic E-state index is -0.147. The van der Waals surface area contributed by atoms with Gasteiger partial charge in [0.25, 0.3) is 0 Å². The molecule has 0 aliphatic heterocycles. The number of anilines is 1. The standard InChI is InChI=1S/C19H30N4OS2/c1-14(17(24)20-13-12-15-8-4-2-5-9-15)25-19-23-22-18(26-19)21-16-10-6-3-7-11-16/h8,14,16H,2-7,9-13H2,1H3,(H,20,24)(H,21,22). The van der Waals surface area contributed by atoms with E-state index in [1.807, 2.05) is 6.92 Å². The van der Waals surface area contributed by atoms with Crippen molar-refractivity contribution in [1.29, 1.82) is 0 Å². The lowest BCUT2D eigenvalue weighted by molar-refractivity contribution is -0.120. The van der Waals surface area contributed by atoms with Gasteiger partial charge >= 0.3 is 0 Å². The second kappa shape index (κ2) is 10.3. The first kappa shape index (κ1) is 19.7. The van der Waals surface area contributed by atoms with Crippen molar-refractivity contribution in [1.82, 2.24) is 15.5 Å². The third-order valence-corrected chi connectivity index (χ3v) is 7.16. The SMILES string of the molecule is CC(Sc1nnc(NC2CCCCC2)s1)C(=O)NCCC1=CCCCC1. The van der Waals surface area contributed by atoms with Gasteiger partial charge in [-0.3, -0.25) is 4.79 Å². The van der Waals surface area contributed by atoms with Crippen LogP contribution in [-0.4, -0.2) is 33.9 Å². The molecule has 1 aromatic rings. The highest BCUT2D eigenvalue weighted by atomic mass is 32.2. The summed E-state index contributed by atoms with van der Waals surface area (Å²) in [6.45, 7) is 2.68. The molecule has 0 saturated heterocycles. The summed E-state index contributed by atoms with van der Waals surface area (Å²) in [5.74, 6) is 0.0865. The Morgan fingerprint density at radius 3 is 2.88 bits per heavy atom. The van der Waals surface area contributed by atoms with Crippen LogP contribution in [-0.2, 0) is 4.79 Å². The average Bonchev–Trinajstić information content (AvgIpc) is 3.10. The van der Waals surface area contributed by atoms with Gasteiger partial charge in [0.2, 0.25) is 11.0 Å². The number of rotatable bonds is 8. The Balaban J connectivity index is 1.38. The van der Waals surface area contributed by atoms with Gasteiger partial charge in [0.15, 0.2) is 4.34 Å². The average molecular weight is 395 g/mol. The van der Waals surface area contributed by atoms with Gasteiger partial charge in [-0.05, 0) is 51.9 Å². The van der Waals surface area contributed by atoms with Crippen LogP contribution in [0, 0.1) is 0 Å². The minimum absolute atomic E-state index is 0.0865. The van der Waals surface area contributed by atoms with Crippen molar-refractivity contribution >= 4 is 34.1 Å². The summed E-state index contributed by atoms with van der Waals surface area (Å²) < 4.78 is 0.862. The molecular formula is C19H30N4OS2. The number of carbonyl (C=O) groups is 1. The molecule has 144 valence electrons. The molecule has 3 rings (SSSR count). The van der Waals surface area contributed by atoms with Crippen molar-refractivity contribution < 1.29 is 4.79 Å². The van der Waals surface area contributed by atoms with Crippen LogP contribution in [0.3, 0.4) is 0 Å². The van der Waals surface area contributed by atoms with E-state index in [0.717, 1.165) is 22.4 Å². The number of allylic oxidation sites excluding steroid dienone is 1. The summed E-state index contributed by atoms with van der Waals surface area (Å²) >= 11 is 3.06. The summed E-state index contributed by atoms with van der Waals surface area (Å²) in [5, 5.41) is 15.8. The summed E-state index contributed by atoms with van der Waals surface area (Å²) in [4.78, 5) is 12.3. The fraction of sp³-hybridized carbons (Fsp3) is 0.737. The van der Waals surface area contributed by atoms with E-state index in [0.29, 0.717) is 6.04 Å². The topological polar surface area (TPSA) is 66.9 Å². The Morgan fingerprint density at radius 1 is 1.27 bits per heavy atom. The van der Waals surface area contributed by atoms with Crippen LogP contribution in [0.25, 0.3) is 0 Å². The van der Waals surface area contributed by atoms with E-state index in [9.17, 15) is 4.79 Å². The van der Waals surface area contributed by atoms with Crippen LogP contribution in [0.2, 0.25) is 0 Å². The van der Waals surface area contributed by atoms with Crippen molar-refractivity contribution in [3.05, 3.63) is 11.6 Å². The molecule has 0 aromatic carbocycles. The number of hydrogen-bond acceptors (Lipinski definition) is 6. The summed E-state index contributed by atoms with van der Waals surface area (Å²) in [7, 11) is 0. The van der Waals surface area contributed by atoms with Gasteiger partial charge in [-0.1, -0.05) is 54.0 Å². The van der Waals surface area contributed by atoms with Crippen LogP contribution in [0.4, 0.5) is 5.13 Å². The zero-order chi connectivity index (χ0) is 18.2. The van der Waals surface area contributed by atoms with Crippen molar-refractivity contribution in [2.75, 3.05) is 11.9 Å². The molecule has 1 amide bonds. The molecule has 1 heterocycles. The highest BCUT2D eigenvalue weighted by Gasteiger charge is 2.19. The first-order valence-electron chi connectivity index (χ1n) is 9.93. The third-order valence-electron chi connectivity index (χ3n) is 5.12. The number of nitrogens with zero attached hydrogens (tertiary/aromatic N) is 2. The highest BCUT2D eigenvalue weighted by molar-refractivity contribution is 8.02. The Morgan fingerprint density at radius 2 is 2.12 bits per heavy atom. The van der Waals surface area contributed by atoms with Gasteiger partial charge in [0, 0.05) is 12.6 Å². The van der Waals surface area contributed by atoms with Gasteiger partial charge in [0.05, 0.1) is 5.25 Å². The fourth-order valence-corrected chi connectivity index (χ4v) is 5.56. The summed E-state index contributed by atoms with van der Waals surface area (Å²) in [5.41, 5.74) is 1.50. The van der Waals surface area contributed by atoms with E-state index < -0.39 is 0 Å². The lowest BCUT2D eigenvalue weighted by Crippen LogP contribution is -2.31. The maximum Gasteiger partial charge on any atom is 0.233 e. The lowest BCUT2D eigenvalue weighted by atomic mass is 9.96. The second-order valence-corrected chi connectivity index (χ2v) is 9.83. The van der Waals surface area contributed by atoms with Crippen LogP contribution < -0.4 is 10.6 Å². The summed E-state index contributed by atoms with van der Waals surface area (Å²) in [6.07, 6.45) is 14.7.